The van der Waals surface area contributed by atoms with E-state index in [-0.39, 0.29) is 42.1 Å². The minimum absolute atomic E-state index is 0. The molecule has 29 heavy (non-hydrogen) atoms. The third kappa shape index (κ3) is 9.26. The third-order valence-corrected chi connectivity index (χ3v) is 6.97. The quantitative estimate of drug-likeness (QED) is 0.284. The van der Waals surface area contributed by atoms with Gasteiger partial charge in [-0.15, -0.1) is 24.0 Å². The van der Waals surface area contributed by atoms with Gasteiger partial charge in [-0.05, 0) is 31.2 Å². The van der Waals surface area contributed by atoms with Crippen LogP contribution < -0.4 is 10.1 Å². The van der Waals surface area contributed by atoms with Gasteiger partial charge in [0.1, 0.15) is 18.2 Å². The van der Waals surface area contributed by atoms with Gasteiger partial charge in [-0.2, -0.15) is 11.8 Å². The highest BCUT2D eigenvalue weighted by atomic mass is 127. The number of guanidine groups is 1. The number of hydrogen-bond donors (Lipinski definition) is 1. The Morgan fingerprint density at radius 3 is 2.59 bits per heavy atom. The van der Waals surface area contributed by atoms with E-state index < -0.39 is 10.0 Å². The summed E-state index contributed by atoms with van der Waals surface area (Å²) in [4.78, 5) is 6.33. The van der Waals surface area contributed by atoms with Gasteiger partial charge >= 0.3 is 0 Å². The van der Waals surface area contributed by atoms with Gasteiger partial charge in [0.05, 0.1) is 18.8 Å². The number of nitrogens with zero attached hydrogens (tertiary/aromatic N) is 3. The molecule has 0 unspecified atom stereocenters. The van der Waals surface area contributed by atoms with Crippen LogP contribution in [0.5, 0.6) is 5.75 Å². The predicted octanol–water partition coefficient (Wildman–Crippen LogP) is 2.10. The molecule has 0 saturated carbocycles. The van der Waals surface area contributed by atoms with Crippen LogP contribution in [0.15, 0.2) is 29.3 Å². The molecule has 1 heterocycles. The number of thioether (sulfide) groups is 1. The number of sulfonamides is 1. The molecule has 1 aliphatic rings. The zero-order chi connectivity index (χ0) is 20.4. The summed E-state index contributed by atoms with van der Waals surface area (Å²) < 4.78 is 44.9. The van der Waals surface area contributed by atoms with Crippen LogP contribution in [0.3, 0.4) is 0 Å². The van der Waals surface area contributed by atoms with Crippen molar-refractivity contribution in [2.75, 3.05) is 63.6 Å². The molecule has 0 aliphatic carbocycles. The second kappa shape index (κ2) is 13.5. The Kier molecular flexibility index (Phi) is 12.2. The smallest absolute Gasteiger partial charge is 0.215 e. The molecule has 1 N–H and O–H groups in total. The van der Waals surface area contributed by atoms with Crippen LogP contribution in [0.25, 0.3) is 0 Å². The van der Waals surface area contributed by atoms with Gasteiger partial charge < -0.3 is 15.0 Å². The maximum atomic E-state index is 12.9. The lowest BCUT2D eigenvalue weighted by Gasteiger charge is -2.25. The fourth-order valence-electron chi connectivity index (χ4n) is 2.63. The predicted molar refractivity (Wildman–Crippen MR) is 129 cm³/mol. The van der Waals surface area contributed by atoms with Crippen molar-refractivity contribution in [1.29, 1.82) is 0 Å². The Bertz CT molecular complexity index is 729. The largest absolute Gasteiger partial charge is 0.492 e. The molecular formula is C18H30FIN4O3S2. The van der Waals surface area contributed by atoms with E-state index in [9.17, 15) is 12.8 Å². The highest BCUT2D eigenvalue weighted by Crippen LogP contribution is 2.13. The van der Waals surface area contributed by atoms with Crippen molar-refractivity contribution in [2.24, 2.45) is 4.99 Å². The molecule has 0 aromatic heterocycles. The van der Waals surface area contributed by atoms with Crippen LogP contribution >= 0.6 is 35.7 Å². The number of benzene rings is 1. The van der Waals surface area contributed by atoms with E-state index in [1.165, 1.54) is 12.1 Å². The Morgan fingerprint density at radius 2 is 1.97 bits per heavy atom. The average molecular weight is 560 g/mol. The molecule has 0 radical (unpaired) electrons. The molecule has 0 bridgehead atoms. The van der Waals surface area contributed by atoms with E-state index >= 15 is 0 Å². The fourth-order valence-corrected chi connectivity index (χ4v) is 5.08. The molecule has 1 aromatic rings. The van der Waals surface area contributed by atoms with Crippen molar-refractivity contribution in [2.45, 2.75) is 6.92 Å². The minimum atomic E-state index is -3.26. The lowest BCUT2D eigenvalue weighted by atomic mass is 10.3. The molecule has 1 fully saturated rings. The molecule has 11 heteroatoms. The highest BCUT2D eigenvalue weighted by molar-refractivity contribution is 14.0. The van der Waals surface area contributed by atoms with Crippen molar-refractivity contribution >= 4 is 51.7 Å². The minimum Gasteiger partial charge on any atom is -0.492 e. The molecule has 7 nitrogen and oxygen atoms in total. The molecule has 1 aliphatic heterocycles. The Morgan fingerprint density at radius 1 is 1.31 bits per heavy atom. The second-order valence-corrected chi connectivity index (χ2v) is 9.60. The molecule has 0 atom stereocenters. The summed E-state index contributed by atoms with van der Waals surface area (Å²) in [6.45, 7) is 4.96. The number of ether oxygens (including phenoxy) is 1. The van der Waals surface area contributed by atoms with Crippen LogP contribution in [-0.2, 0) is 10.0 Å². The van der Waals surface area contributed by atoms with Crippen molar-refractivity contribution < 1.29 is 17.5 Å². The zero-order valence-corrected chi connectivity index (χ0v) is 20.8. The molecule has 1 aromatic carbocycles. The summed E-state index contributed by atoms with van der Waals surface area (Å²) in [6.07, 6.45) is 0. The van der Waals surface area contributed by atoms with E-state index in [1.54, 1.807) is 28.2 Å². The summed E-state index contributed by atoms with van der Waals surface area (Å²) in [5.74, 6) is 2.64. The van der Waals surface area contributed by atoms with Crippen molar-refractivity contribution in [3.05, 3.63) is 30.1 Å². The van der Waals surface area contributed by atoms with Gasteiger partial charge in [-0.3, -0.25) is 4.99 Å². The van der Waals surface area contributed by atoms with Crippen molar-refractivity contribution in [3.63, 3.8) is 0 Å². The van der Waals surface area contributed by atoms with Gasteiger partial charge in [-0.1, -0.05) is 0 Å². The number of aliphatic imine (C=N–C) groups is 1. The number of hydrogen-bond acceptors (Lipinski definition) is 5. The monoisotopic (exact) mass is 560 g/mol. The van der Waals surface area contributed by atoms with Crippen molar-refractivity contribution in [1.82, 2.24) is 14.5 Å². The SMILES string of the molecule is CCNC(=NCCS(=O)(=O)N1CCSCC1)N(C)CCOc1ccc(F)cc1.I. The Hall–Kier alpha value is -0.790. The number of rotatable bonds is 9. The van der Waals surface area contributed by atoms with Crippen LogP contribution in [0.1, 0.15) is 6.92 Å². The van der Waals surface area contributed by atoms with Gasteiger partial charge in [0.2, 0.25) is 10.0 Å². The summed E-state index contributed by atoms with van der Waals surface area (Å²) in [6, 6.07) is 5.87. The molecule has 0 spiro atoms. The van der Waals surface area contributed by atoms with Crippen LogP contribution in [0.4, 0.5) is 4.39 Å². The molecule has 1 saturated heterocycles. The Balaban J connectivity index is 0.00000420. The van der Waals surface area contributed by atoms with E-state index in [4.69, 9.17) is 4.74 Å². The first-order valence-electron chi connectivity index (χ1n) is 9.36. The van der Waals surface area contributed by atoms with Gasteiger partial charge in [-0.25, -0.2) is 17.1 Å². The Labute approximate surface area is 194 Å². The summed E-state index contributed by atoms with van der Waals surface area (Å²) in [5.41, 5.74) is 0. The molecule has 0 amide bonds. The zero-order valence-electron chi connectivity index (χ0n) is 16.8. The van der Waals surface area contributed by atoms with Crippen LogP contribution in [-0.4, -0.2) is 87.2 Å². The number of likely N-dealkylation sites (N-methyl/N-ethyl adjacent to an activating group) is 1. The average Bonchev–Trinajstić information content (AvgIpc) is 2.69. The summed E-state index contributed by atoms with van der Waals surface area (Å²) >= 11 is 1.78. The van der Waals surface area contributed by atoms with E-state index in [0.717, 1.165) is 11.5 Å². The van der Waals surface area contributed by atoms with E-state index in [2.05, 4.69) is 10.3 Å². The molecule has 166 valence electrons. The summed E-state index contributed by atoms with van der Waals surface area (Å²) in [5, 5.41) is 3.16. The van der Waals surface area contributed by atoms with E-state index in [1.807, 2.05) is 18.9 Å². The van der Waals surface area contributed by atoms with Gasteiger partial charge in [0, 0.05) is 38.2 Å². The first kappa shape index (κ1) is 26.2. The topological polar surface area (TPSA) is 74.2 Å². The third-order valence-electron chi connectivity index (χ3n) is 4.18. The first-order chi connectivity index (χ1) is 13.4. The number of halogens is 2. The normalized spacial score (nSPS) is 15.5. The van der Waals surface area contributed by atoms with Crippen LogP contribution in [0, 0.1) is 5.82 Å². The number of nitrogens with one attached hydrogen (secondary N) is 1. The maximum Gasteiger partial charge on any atom is 0.215 e. The van der Waals surface area contributed by atoms with E-state index in [0.29, 0.717) is 44.5 Å². The maximum absolute atomic E-state index is 12.9. The lowest BCUT2D eigenvalue weighted by molar-refractivity contribution is 0.281. The molecular weight excluding hydrogens is 530 g/mol. The first-order valence-corrected chi connectivity index (χ1v) is 12.1. The van der Waals surface area contributed by atoms with Gasteiger partial charge in [0.15, 0.2) is 5.96 Å². The van der Waals surface area contributed by atoms with Crippen molar-refractivity contribution in [3.8, 4) is 5.75 Å². The molecule has 2 rings (SSSR count). The summed E-state index contributed by atoms with van der Waals surface area (Å²) in [7, 11) is -1.40. The van der Waals surface area contributed by atoms with Crippen LogP contribution in [0.2, 0.25) is 0 Å². The fraction of sp³-hybridized carbons (Fsp3) is 0.611. The lowest BCUT2D eigenvalue weighted by Crippen LogP contribution is -2.42. The highest BCUT2D eigenvalue weighted by Gasteiger charge is 2.23. The standard InChI is InChI=1S/C18H29FN4O3S2.HI/c1-3-20-18(21-8-15-28(24,25)23-10-13-27-14-11-23)22(2)9-12-26-17-6-4-16(19)5-7-17;/h4-7H,3,8-15H2,1-2H3,(H,20,21);1H. The second-order valence-electron chi connectivity index (χ2n) is 6.29. The van der Waals surface area contributed by atoms with Gasteiger partial charge in [0.25, 0.3) is 0 Å².